The first-order chi connectivity index (χ1) is 4.74. The van der Waals surface area contributed by atoms with Crippen molar-refractivity contribution in [2.75, 3.05) is 19.8 Å². The van der Waals surface area contributed by atoms with Gasteiger partial charge in [-0.1, -0.05) is 18.7 Å². The molecule has 0 saturated carbocycles. The van der Waals surface area contributed by atoms with Gasteiger partial charge >= 0.3 is 0 Å². The Labute approximate surface area is 66.7 Å². The van der Waals surface area contributed by atoms with E-state index in [2.05, 4.69) is 16.8 Å². The van der Waals surface area contributed by atoms with Crippen molar-refractivity contribution in [3.8, 4) is 0 Å². The van der Waals surface area contributed by atoms with Crippen LogP contribution in [0.1, 0.15) is 13.3 Å². The lowest BCUT2D eigenvalue weighted by atomic mass is 10.3. The Morgan fingerprint density at radius 1 is 1.70 bits per heavy atom. The molecule has 0 radical (unpaired) electrons. The minimum Gasteiger partial charge on any atom is -0.358 e. The van der Waals surface area contributed by atoms with Gasteiger partial charge in [0.1, 0.15) is 0 Å². The molecule has 0 fully saturated rings. The Kier molecular flexibility index (Phi) is 2.60. The third kappa shape index (κ3) is 1.66. The van der Waals surface area contributed by atoms with Gasteiger partial charge in [0.2, 0.25) is 0 Å². The second-order valence-corrected chi connectivity index (χ2v) is 3.67. The van der Waals surface area contributed by atoms with E-state index < -0.39 is 0 Å². The average Bonchev–Trinajstić information content (AvgIpc) is 2.34. The van der Waals surface area contributed by atoms with E-state index in [4.69, 9.17) is 0 Å². The summed E-state index contributed by atoms with van der Waals surface area (Å²) in [6.07, 6.45) is 1.17. The fourth-order valence-electron chi connectivity index (χ4n) is 0.855. The summed E-state index contributed by atoms with van der Waals surface area (Å²) < 4.78 is 0. The van der Waals surface area contributed by atoms with E-state index in [1.165, 1.54) is 17.3 Å². The van der Waals surface area contributed by atoms with Crippen LogP contribution < -0.4 is 0 Å². The maximum absolute atomic E-state index is 4.51. The molecular weight excluding hydrogens is 144 g/mol. The number of hydrogen-bond donors (Lipinski definition) is 0. The van der Waals surface area contributed by atoms with Crippen LogP contribution in [0.3, 0.4) is 0 Å². The highest BCUT2D eigenvalue weighted by Crippen LogP contribution is 2.20. The van der Waals surface area contributed by atoms with Crippen molar-refractivity contribution in [2.45, 2.75) is 19.4 Å². The average molecular weight is 158 g/mol. The van der Waals surface area contributed by atoms with Gasteiger partial charge in [-0.15, -0.1) is 0 Å². The van der Waals surface area contributed by atoms with Crippen molar-refractivity contribution in [1.82, 2.24) is 4.90 Å². The third-order valence-electron chi connectivity index (χ3n) is 1.55. The van der Waals surface area contributed by atoms with Gasteiger partial charge in [-0.3, -0.25) is 4.99 Å². The molecule has 0 aromatic rings. The van der Waals surface area contributed by atoms with Crippen molar-refractivity contribution in [3.63, 3.8) is 0 Å². The van der Waals surface area contributed by atoms with Gasteiger partial charge in [0.05, 0.1) is 6.04 Å². The molecule has 3 heteroatoms. The van der Waals surface area contributed by atoms with Gasteiger partial charge in [-0.2, -0.15) is 0 Å². The lowest BCUT2D eigenvalue weighted by Gasteiger charge is -2.08. The minimum atomic E-state index is 0.572. The Hall–Kier alpha value is -0.180. The van der Waals surface area contributed by atoms with Crippen LogP contribution in [0, 0.1) is 0 Å². The fourth-order valence-corrected chi connectivity index (χ4v) is 1.99. The predicted molar refractivity (Wildman–Crippen MR) is 47.7 cm³/mol. The van der Waals surface area contributed by atoms with E-state index in [1.807, 2.05) is 25.9 Å². The molecule has 0 N–H and O–H groups in total. The number of aliphatic imine (C=N–C) groups is 1. The maximum atomic E-state index is 4.51. The quantitative estimate of drug-likeness (QED) is 0.573. The van der Waals surface area contributed by atoms with E-state index in [1.54, 1.807) is 0 Å². The van der Waals surface area contributed by atoms with Crippen LogP contribution in [-0.4, -0.2) is 36.0 Å². The molecule has 0 aromatic heterocycles. The minimum absolute atomic E-state index is 0.572. The first-order valence-corrected chi connectivity index (χ1v) is 4.60. The summed E-state index contributed by atoms with van der Waals surface area (Å²) in [6, 6.07) is 0.572. The Morgan fingerprint density at radius 2 is 2.40 bits per heavy atom. The number of hydrogen-bond acceptors (Lipinski definition) is 3. The zero-order valence-corrected chi connectivity index (χ0v) is 7.61. The molecule has 0 saturated heterocycles. The molecule has 0 aliphatic carbocycles. The molecule has 1 rings (SSSR count). The summed E-state index contributed by atoms with van der Waals surface area (Å²) in [5, 5.41) is 1.19. The molecule has 0 unspecified atom stereocenters. The van der Waals surface area contributed by atoms with Gasteiger partial charge in [0.15, 0.2) is 5.17 Å². The van der Waals surface area contributed by atoms with Gasteiger partial charge in [-0.05, 0) is 6.42 Å². The van der Waals surface area contributed by atoms with Crippen LogP contribution in [0.4, 0.5) is 0 Å². The Morgan fingerprint density at radius 3 is 2.70 bits per heavy atom. The number of thioether (sulfide) groups is 1. The SMILES string of the molecule is CC[C@@H]1CSC(N(C)C)=N1. The van der Waals surface area contributed by atoms with Crippen LogP contribution in [0.25, 0.3) is 0 Å². The monoisotopic (exact) mass is 158 g/mol. The summed E-state index contributed by atoms with van der Waals surface area (Å²) in [5.74, 6) is 1.17. The van der Waals surface area contributed by atoms with Gasteiger partial charge in [0.25, 0.3) is 0 Å². The maximum Gasteiger partial charge on any atom is 0.159 e. The molecule has 2 nitrogen and oxygen atoms in total. The Balaban J connectivity index is 2.48. The number of rotatable bonds is 1. The van der Waals surface area contributed by atoms with Crippen molar-refractivity contribution < 1.29 is 0 Å². The van der Waals surface area contributed by atoms with E-state index >= 15 is 0 Å². The van der Waals surface area contributed by atoms with E-state index in [0.717, 1.165) is 0 Å². The smallest absolute Gasteiger partial charge is 0.159 e. The summed E-state index contributed by atoms with van der Waals surface area (Å²) in [7, 11) is 4.09. The summed E-state index contributed by atoms with van der Waals surface area (Å²) in [6.45, 7) is 2.19. The molecule has 1 aliphatic rings. The fraction of sp³-hybridized carbons (Fsp3) is 0.857. The van der Waals surface area contributed by atoms with Crippen molar-refractivity contribution in [1.29, 1.82) is 0 Å². The largest absolute Gasteiger partial charge is 0.358 e. The van der Waals surface area contributed by atoms with Gasteiger partial charge < -0.3 is 4.90 Å². The molecular formula is C7H14N2S. The van der Waals surface area contributed by atoms with Crippen LogP contribution in [0.15, 0.2) is 4.99 Å². The van der Waals surface area contributed by atoms with E-state index in [9.17, 15) is 0 Å². The van der Waals surface area contributed by atoms with Crippen molar-refractivity contribution in [2.24, 2.45) is 4.99 Å². The summed E-state index contributed by atoms with van der Waals surface area (Å²) in [5.41, 5.74) is 0. The molecule has 1 heterocycles. The summed E-state index contributed by atoms with van der Waals surface area (Å²) >= 11 is 1.86. The first-order valence-electron chi connectivity index (χ1n) is 3.62. The van der Waals surface area contributed by atoms with Crippen LogP contribution in [0.5, 0.6) is 0 Å². The molecule has 0 bridgehead atoms. The number of nitrogens with zero attached hydrogens (tertiary/aromatic N) is 2. The molecule has 10 heavy (non-hydrogen) atoms. The Bertz CT molecular complexity index is 143. The molecule has 1 atom stereocenters. The standard InChI is InChI=1S/C7H14N2S/c1-4-6-5-10-7(8-6)9(2)3/h6H,4-5H2,1-3H3/t6-/m1/s1. The summed E-state index contributed by atoms with van der Waals surface area (Å²) in [4.78, 5) is 6.60. The second kappa shape index (κ2) is 3.28. The van der Waals surface area contributed by atoms with Crippen molar-refractivity contribution >= 4 is 16.9 Å². The lowest BCUT2D eigenvalue weighted by molar-refractivity contribution is 0.624. The molecule has 0 amide bonds. The van der Waals surface area contributed by atoms with E-state index in [0.29, 0.717) is 6.04 Å². The zero-order valence-electron chi connectivity index (χ0n) is 6.79. The molecule has 0 aromatic carbocycles. The second-order valence-electron chi connectivity index (χ2n) is 2.68. The normalized spacial score (nSPS) is 24.7. The highest BCUT2D eigenvalue weighted by molar-refractivity contribution is 8.14. The highest BCUT2D eigenvalue weighted by Gasteiger charge is 2.16. The highest BCUT2D eigenvalue weighted by atomic mass is 32.2. The van der Waals surface area contributed by atoms with Gasteiger partial charge in [-0.25, -0.2) is 0 Å². The van der Waals surface area contributed by atoms with E-state index in [-0.39, 0.29) is 0 Å². The van der Waals surface area contributed by atoms with Crippen LogP contribution >= 0.6 is 11.8 Å². The van der Waals surface area contributed by atoms with Gasteiger partial charge in [0, 0.05) is 19.8 Å². The number of amidine groups is 1. The molecule has 1 aliphatic heterocycles. The molecule has 0 spiro atoms. The lowest BCUT2D eigenvalue weighted by Crippen LogP contribution is -2.16. The predicted octanol–water partition coefficient (Wildman–Crippen LogP) is 1.43. The van der Waals surface area contributed by atoms with Crippen molar-refractivity contribution in [3.05, 3.63) is 0 Å². The molecule has 58 valence electrons. The first kappa shape index (κ1) is 7.92. The third-order valence-corrected chi connectivity index (χ3v) is 2.83. The topological polar surface area (TPSA) is 15.6 Å². The zero-order chi connectivity index (χ0) is 7.56. The van der Waals surface area contributed by atoms with Crippen LogP contribution in [0.2, 0.25) is 0 Å². The van der Waals surface area contributed by atoms with Crippen LogP contribution in [-0.2, 0) is 0 Å².